The van der Waals surface area contributed by atoms with E-state index >= 15 is 0 Å². The number of ether oxygens (including phenoxy) is 1. The summed E-state index contributed by atoms with van der Waals surface area (Å²) in [6.45, 7) is 3.49. The lowest BCUT2D eigenvalue weighted by Gasteiger charge is -2.06. The fourth-order valence-corrected chi connectivity index (χ4v) is 2.21. The van der Waals surface area contributed by atoms with E-state index in [-0.39, 0.29) is 16.8 Å². The first kappa shape index (κ1) is 15.0. The van der Waals surface area contributed by atoms with Crippen molar-refractivity contribution < 1.29 is 14.3 Å². The highest BCUT2D eigenvalue weighted by atomic mass is 32.1. The van der Waals surface area contributed by atoms with Crippen molar-refractivity contribution >= 4 is 34.6 Å². The van der Waals surface area contributed by atoms with Crippen LogP contribution in [0.15, 0.2) is 29.6 Å². The molecular formula is C14H15N3O3S. The molecular weight excluding hydrogens is 290 g/mol. The molecule has 7 heteroatoms. The van der Waals surface area contributed by atoms with Gasteiger partial charge in [0.05, 0.1) is 17.5 Å². The lowest BCUT2D eigenvalue weighted by molar-refractivity contribution is 0.0372. The Morgan fingerprint density at radius 3 is 2.71 bits per heavy atom. The van der Waals surface area contributed by atoms with E-state index in [0.29, 0.717) is 11.4 Å². The highest BCUT2D eigenvalue weighted by molar-refractivity contribution is 7.12. The van der Waals surface area contributed by atoms with Crippen LogP contribution in [-0.4, -0.2) is 23.0 Å². The Morgan fingerprint density at radius 2 is 2.05 bits per heavy atom. The van der Waals surface area contributed by atoms with Gasteiger partial charge in [-0.15, -0.1) is 11.3 Å². The minimum absolute atomic E-state index is 0.125. The van der Waals surface area contributed by atoms with Crippen LogP contribution in [0.25, 0.3) is 0 Å². The summed E-state index contributed by atoms with van der Waals surface area (Å²) in [5, 5.41) is 4.32. The van der Waals surface area contributed by atoms with Crippen molar-refractivity contribution in [3.05, 3.63) is 40.3 Å². The molecule has 6 nitrogen and oxygen atoms in total. The molecule has 0 aliphatic carbocycles. The number of nitrogens with one attached hydrogen (secondary N) is 1. The monoisotopic (exact) mass is 305 g/mol. The Balaban J connectivity index is 2.09. The highest BCUT2D eigenvalue weighted by Gasteiger charge is 2.17. The summed E-state index contributed by atoms with van der Waals surface area (Å²) in [5.74, 6) is -0.957. The van der Waals surface area contributed by atoms with Gasteiger partial charge in [-0.25, -0.2) is 9.78 Å². The van der Waals surface area contributed by atoms with Gasteiger partial charge >= 0.3 is 5.97 Å². The summed E-state index contributed by atoms with van der Waals surface area (Å²) in [7, 11) is 0. The number of anilines is 2. The zero-order valence-electron chi connectivity index (χ0n) is 11.6. The smallest absolute Gasteiger partial charge is 0.358 e. The lowest BCUT2D eigenvalue weighted by Crippen LogP contribution is -2.15. The van der Waals surface area contributed by atoms with Crippen LogP contribution in [0.4, 0.5) is 11.4 Å². The molecule has 0 unspecified atom stereocenters. The molecule has 110 valence electrons. The average molecular weight is 305 g/mol. The number of nitrogen functional groups attached to an aromatic ring is 1. The van der Waals surface area contributed by atoms with Crippen molar-refractivity contribution in [3.63, 3.8) is 0 Å². The van der Waals surface area contributed by atoms with Gasteiger partial charge in [0.2, 0.25) is 0 Å². The zero-order valence-corrected chi connectivity index (χ0v) is 12.4. The maximum Gasteiger partial charge on any atom is 0.358 e. The second-order valence-electron chi connectivity index (χ2n) is 4.53. The van der Waals surface area contributed by atoms with E-state index < -0.39 is 11.9 Å². The molecule has 0 fully saturated rings. The summed E-state index contributed by atoms with van der Waals surface area (Å²) in [5.41, 5.74) is 6.84. The number of carbonyl (C=O) groups excluding carboxylic acids is 2. The highest BCUT2D eigenvalue weighted by Crippen LogP contribution is 2.19. The number of amides is 1. The van der Waals surface area contributed by atoms with Crippen LogP contribution >= 0.6 is 11.3 Å². The Bertz CT molecular complexity index is 667. The van der Waals surface area contributed by atoms with Gasteiger partial charge < -0.3 is 15.8 Å². The molecule has 0 atom stereocenters. The molecule has 1 aromatic heterocycles. The van der Waals surface area contributed by atoms with Crippen molar-refractivity contribution in [2.75, 3.05) is 11.1 Å². The minimum atomic E-state index is -0.542. The van der Waals surface area contributed by atoms with Crippen molar-refractivity contribution in [2.45, 2.75) is 20.0 Å². The molecule has 0 radical (unpaired) electrons. The maximum absolute atomic E-state index is 12.1. The average Bonchev–Trinajstić information content (AvgIpc) is 2.90. The molecule has 0 saturated heterocycles. The Morgan fingerprint density at radius 1 is 1.33 bits per heavy atom. The van der Waals surface area contributed by atoms with Crippen LogP contribution < -0.4 is 11.1 Å². The topological polar surface area (TPSA) is 94.3 Å². The number of hydrogen-bond donors (Lipinski definition) is 2. The molecule has 2 rings (SSSR count). The summed E-state index contributed by atoms with van der Waals surface area (Å²) in [6, 6.07) is 6.91. The van der Waals surface area contributed by atoms with Gasteiger partial charge in [-0.1, -0.05) is 12.1 Å². The van der Waals surface area contributed by atoms with Gasteiger partial charge in [-0.05, 0) is 26.0 Å². The SMILES string of the molecule is CC(C)OC(=O)c1csc(C(=O)Nc2ccccc2N)n1. The normalized spacial score (nSPS) is 10.4. The summed E-state index contributed by atoms with van der Waals surface area (Å²) in [4.78, 5) is 27.7. The van der Waals surface area contributed by atoms with Crippen LogP contribution in [0.1, 0.15) is 34.1 Å². The number of carbonyl (C=O) groups is 2. The molecule has 0 saturated carbocycles. The minimum Gasteiger partial charge on any atom is -0.458 e. The number of esters is 1. The van der Waals surface area contributed by atoms with E-state index in [4.69, 9.17) is 10.5 Å². The van der Waals surface area contributed by atoms with Gasteiger partial charge in [-0.3, -0.25) is 4.79 Å². The molecule has 0 aliphatic rings. The van der Waals surface area contributed by atoms with E-state index in [0.717, 1.165) is 11.3 Å². The summed E-state index contributed by atoms with van der Waals surface area (Å²) < 4.78 is 5.02. The van der Waals surface area contributed by atoms with Gasteiger partial charge in [0.1, 0.15) is 0 Å². The fraction of sp³-hybridized carbons (Fsp3) is 0.214. The first-order valence-corrected chi connectivity index (χ1v) is 7.17. The molecule has 2 aromatic rings. The third-order valence-corrected chi connectivity index (χ3v) is 3.30. The molecule has 1 heterocycles. The first-order chi connectivity index (χ1) is 9.97. The Kier molecular flexibility index (Phi) is 4.54. The number of benzene rings is 1. The molecule has 3 N–H and O–H groups in total. The molecule has 21 heavy (non-hydrogen) atoms. The number of rotatable bonds is 4. The first-order valence-electron chi connectivity index (χ1n) is 6.29. The molecule has 0 bridgehead atoms. The third kappa shape index (κ3) is 3.79. The van der Waals surface area contributed by atoms with Crippen LogP contribution in [0.3, 0.4) is 0 Å². The van der Waals surface area contributed by atoms with Crippen molar-refractivity contribution in [1.29, 1.82) is 0 Å². The van der Waals surface area contributed by atoms with Gasteiger partial charge in [0.25, 0.3) is 5.91 Å². The molecule has 1 aromatic carbocycles. The summed E-state index contributed by atoms with van der Waals surface area (Å²) in [6.07, 6.45) is -0.236. The Labute approximate surface area is 125 Å². The number of para-hydroxylation sites is 2. The second-order valence-corrected chi connectivity index (χ2v) is 5.39. The van der Waals surface area contributed by atoms with Crippen LogP contribution in [0.2, 0.25) is 0 Å². The molecule has 0 spiro atoms. The Hall–Kier alpha value is -2.41. The van der Waals surface area contributed by atoms with Gasteiger partial charge in [-0.2, -0.15) is 0 Å². The zero-order chi connectivity index (χ0) is 15.4. The van der Waals surface area contributed by atoms with E-state index in [1.807, 2.05) is 0 Å². The molecule has 0 aliphatic heterocycles. The number of hydrogen-bond acceptors (Lipinski definition) is 6. The van der Waals surface area contributed by atoms with Crippen LogP contribution in [0, 0.1) is 0 Å². The van der Waals surface area contributed by atoms with E-state index in [1.165, 1.54) is 5.38 Å². The fourth-order valence-electron chi connectivity index (χ4n) is 1.53. The van der Waals surface area contributed by atoms with Gasteiger partial charge in [0.15, 0.2) is 10.7 Å². The predicted octanol–water partition coefficient (Wildman–Crippen LogP) is 2.54. The van der Waals surface area contributed by atoms with Crippen molar-refractivity contribution in [2.24, 2.45) is 0 Å². The van der Waals surface area contributed by atoms with E-state index in [9.17, 15) is 9.59 Å². The third-order valence-electron chi connectivity index (χ3n) is 2.46. The van der Waals surface area contributed by atoms with E-state index in [2.05, 4.69) is 10.3 Å². The van der Waals surface area contributed by atoms with E-state index in [1.54, 1.807) is 38.1 Å². The van der Waals surface area contributed by atoms with Gasteiger partial charge in [0, 0.05) is 5.38 Å². The van der Waals surface area contributed by atoms with Crippen molar-refractivity contribution in [1.82, 2.24) is 4.98 Å². The van der Waals surface area contributed by atoms with Crippen LogP contribution in [0.5, 0.6) is 0 Å². The summed E-state index contributed by atoms with van der Waals surface area (Å²) >= 11 is 1.07. The number of nitrogens with zero attached hydrogens (tertiary/aromatic N) is 1. The largest absolute Gasteiger partial charge is 0.458 e. The second kappa shape index (κ2) is 6.36. The number of aromatic nitrogens is 1. The van der Waals surface area contributed by atoms with Crippen molar-refractivity contribution in [3.8, 4) is 0 Å². The maximum atomic E-state index is 12.1. The molecule has 1 amide bonds. The quantitative estimate of drug-likeness (QED) is 0.668. The van der Waals surface area contributed by atoms with Crippen LogP contribution in [-0.2, 0) is 4.74 Å². The standard InChI is InChI=1S/C14H15N3O3S/c1-8(2)20-14(19)11-7-21-13(17-11)12(18)16-10-6-4-3-5-9(10)15/h3-8H,15H2,1-2H3,(H,16,18). The predicted molar refractivity (Wildman–Crippen MR) is 81.5 cm³/mol. The number of nitrogens with two attached hydrogens (primary N) is 1. The lowest BCUT2D eigenvalue weighted by atomic mass is 10.3. The number of thiazole rings is 1.